The maximum atomic E-state index is 10.3. The van der Waals surface area contributed by atoms with E-state index >= 15 is 0 Å². The van der Waals surface area contributed by atoms with Crippen LogP contribution in [0, 0.1) is 0 Å². The fourth-order valence-electron chi connectivity index (χ4n) is 1.76. The van der Waals surface area contributed by atoms with Gasteiger partial charge in [0.1, 0.15) is 11.0 Å². The van der Waals surface area contributed by atoms with Gasteiger partial charge in [-0.25, -0.2) is 0 Å². The van der Waals surface area contributed by atoms with Crippen molar-refractivity contribution < 1.29 is 4.79 Å². The van der Waals surface area contributed by atoms with Gasteiger partial charge in [0.15, 0.2) is 0 Å². The minimum atomic E-state index is 0.630. The maximum Gasteiger partial charge on any atom is 0.211 e. The number of rotatable bonds is 3. The van der Waals surface area contributed by atoms with Crippen molar-refractivity contribution in [2.45, 2.75) is 0 Å². The third-order valence-corrected chi connectivity index (χ3v) is 2.90. The Kier molecular flexibility index (Phi) is 2.89. The number of hydrogen-bond donors (Lipinski definition) is 1. The Labute approximate surface area is 113 Å². The minimum absolute atomic E-state index is 0.630. The first kappa shape index (κ1) is 11.7. The van der Waals surface area contributed by atoms with Crippen LogP contribution in [0.15, 0.2) is 42.5 Å². The van der Waals surface area contributed by atoms with E-state index in [2.05, 4.69) is 15.5 Å². The van der Waals surface area contributed by atoms with Gasteiger partial charge in [-0.05, 0) is 42.5 Å². The van der Waals surface area contributed by atoms with E-state index in [1.54, 1.807) is 24.3 Å². The third-order valence-electron chi connectivity index (χ3n) is 2.67. The Morgan fingerprint density at radius 3 is 2.53 bits per heavy atom. The van der Waals surface area contributed by atoms with Gasteiger partial charge in [-0.2, -0.15) is 4.80 Å². The van der Waals surface area contributed by atoms with Gasteiger partial charge >= 0.3 is 0 Å². The van der Waals surface area contributed by atoms with Crippen LogP contribution in [-0.2, 0) is 4.79 Å². The summed E-state index contributed by atoms with van der Waals surface area (Å²) in [5.74, 6) is 0. The summed E-state index contributed by atoms with van der Waals surface area (Å²) in [6.07, 6.45) is 0.636. The molecule has 0 aliphatic heterocycles. The molecule has 0 unspecified atom stereocenters. The number of nitrogens with zero attached hydrogens (tertiary/aromatic N) is 3. The standard InChI is InChI=1S/C13H9ClN4O/c14-9-1-6-12-13(7-9)17-18(16-12)11-4-2-10(3-5-11)15-8-19/h1-8H,(H,15,19). The van der Waals surface area contributed by atoms with E-state index in [1.807, 2.05) is 18.2 Å². The molecule has 1 heterocycles. The largest absolute Gasteiger partial charge is 0.329 e. The van der Waals surface area contributed by atoms with Crippen molar-refractivity contribution in [2.24, 2.45) is 0 Å². The molecule has 1 amide bonds. The number of aromatic nitrogens is 3. The monoisotopic (exact) mass is 272 g/mol. The van der Waals surface area contributed by atoms with Crippen molar-refractivity contribution in [1.82, 2.24) is 15.0 Å². The molecule has 5 nitrogen and oxygen atoms in total. The molecule has 0 spiro atoms. The summed E-state index contributed by atoms with van der Waals surface area (Å²) in [4.78, 5) is 11.9. The average molecular weight is 273 g/mol. The molecule has 94 valence electrons. The SMILES string of the molecule is O=CNc1ccc(-n2nc3ccc(Cl)cc3n2)cc1. The van der Waals surface area contributed by atoms with Crippen molar-refractivity contribution in [2.75, 3.05) is 5.32 Å². The van der Waals surface area contributed by atoms with E-state index in [0.717, 1.165) is 22.4 Å². The van der Waals surface area contributed by atoms with Crippen LogP contribution in [0.3, 0.4) is 0 Å². The second kappa shape index (κ2) is 4.70. The van der Waals surface area contributed by atoms with Crippen LogP contribution in [0.4, 0.5) is 5.69 Å². The zero-order valence-electron chi connectivity index (χ0n) is 9.75. The number of anilines is 1. The molecule has 1 aromatic heterocycles. The Hall–Kier alpha value is -2.40. The maximum absolute atomic E-state index is 10.3. The summed E-state index contributed by atoms with van der Waals surface area (Å²) in [6.45, 7) is 0. The molecule has 3 rings (SSSR count). The topological polar surface area (TPSA) is 59.8 Å². The zero-order valence-corrected chi connectivity index (χ0v) is 10.5. The van der Waals surface area contributed by atoms with Crippen molar-refractivity contribution in [1.29, 1.82) is 0 Å². The van der Waals surface area contributed by atoms with Gasteiger partial charge in [-0.1, -0.05) is 11.6 Å². The lowest BCUT2D eigenvalue weighted by Gasteiger charge is -2.01. The summed E-state index contributed by atoms with van der Waals surface area (Å²) < 4.78 is 0. The van der Waals surface area contributed by atoms with Crippen LogP contribution in [-0.4, -0.2) is 21.4 Å². The first-order valence-electron chi connectivity index (χ1n) is 5.59. The lowest BCUT2D eigenvalue weighted by Crippen LogP contribution is -1.99. The first-order valence-corrected chi connectivity index (χ1v) is 5.97. The summed E-state index contributed by atoms with van der Waals surface area (Å²) in [6, 6.07) is 12.6. The van der Waals surface area contributed by atoms with Gasteiger partial charge in [0, 0.05) is 10.7 Å². The van der Waals surface area contributed by atoms with E-state index < -0.39 is 0 Å². The highest BCUT2D eigenvalue weighted by molar-refractivity contribution is 6.31. The van der Waals surface area contributed by atoms with Crippen molar-refractivity contribution >= 4 is 34.7 Å². The fraction of sp³-hybridized carbons (Fsp3) is 0. The molecule has 19 heavy (non-hydrogen) atoms. The molecule has 0 fully saturated rings. The van der Waals surface area contributed by atoms with E-state index in [0.29, 0.717) is 11.4 Å². The van der Waals surface area contributed by atoms with Gasteiger partial charge in [-0.15, -0.1) is 10.2 Å². The number of halogens is 1. The van der Waals surface area contributed by atoms with E-state index in [9.17, 15) is 4.79 Å². The molecule has 3 aromatic rings. The van der Waals surface area contributed by atoms with Gasteiger partial charge in [0.2, 0.25) is 6.41 Å². The summed E-state index contributed by atoms with van der Waals surface area (Å²) in [5, 5.41) is 11.9. The highest BCUT2D eigenvalue weighted by atomic mass is 35.5. The summed E-state index contributed by atoms with van der Waals surface area (Å²) >= 11 is 5.91. The van der Waals surface area contributed by atoms with Crippen LogP contribution >= 0.6 is 11.6 Å². The first-order chi connectivity index (χ1) is 9.26. The second-order valence-electron chi connectivity index (χ2n) is 3.93. The van der Waals surface area contributed by atoms with Crippen molar-refractivity contribution in [3.63, 3.8) is 0 Å². The smallest absolute Gasteiger partial charge is 0.211 e. The highest BCUT2D eigenvalue weighted by Gasteiger charge is 2.05. The number of benzene rings is 2. The van der Waals surface area contributed by atoms with E-state index in [4.69, 9.17) is 11.6 Å². The summed E-state index contributed by atoms with van der Waals surface area (Å²) in [5.41, 5.74) is 3.05. The second-order valence-corrected chi connectivity index (χ2v) is 4.37. The molecule has 1 N–H and O–H groups in total. The van der Waals surface area contributed by atoms with Crippen LogP contribution in [0.2, 0.25) is 5.02 Å². The van der Waals surface area contributed by atoms with Gasteiger partial charge in [0.05, 0.1) is 5.69 Å². The number of hydrogen-bond acceptors (Lipinski definition) is 3. The Balaban J connectivity index is 2.01. The zero-order chi connectivity index (χ0) is 13.2. The molecule has 0 saturated carbocycles. The quantitative estimate of drug-likeness (QED) is 0.746. The van der Waals surface area contributed by atoms with Crippen LogP contribution < -0.4 is 5.32 Å². The summed E-state index contributed by atoms with van der Waals surface area (Å²) in [7, 11) is 0. The Morgan fingerprint density at radius 2 is 1.79 bits per heavy atom. The molecule has 0 aliphatic rings. The third kappa shape index (κ3) is 2.28. The predicted molar refractivity (Wildman–Crippen MR) is 73.6 cm³/mol. The molecule has 0 radical (unpaired) electrons. The number of fused-ring (bicyclic) bond motifs is 1. The van der Waals surface area contributed by atoms with Gasteiger partial charge in [0.25, 0.3) is 0 Å². The van der Waals surface area contributed by atoms with Crippen LogP contribution in [0.1, 0.15) is 0 Å². The fourth-order valence-corrected chi connectivity index (χ4v) is 1.93. The molecular formula is C13H9ClN4O. The average Bonchev–Trinajstić information content (AvgIpc) is 2.83. The normalized spacial score (nSPS) is 10.6. The highest BCUT2D eigenvalue weighted by Crippen LogP contribution is 2.18. The molecule has 0 saturated heterocycles. The number of nitrogens with one attached hydrogen (secondary N) is 1. The van der Waals surface area contributed by atoms with E-state index in [-0.39, 0.29) is 0 Å². The molecule has 2 aromatic carbocycles. The molecule has 6 heteroatoms. The molecular weight excluding hydrogens is 264 g/mol. The predicted octanol–water partition coefficient (Wildman–Crippen LogP) is 2.64. The number of amides is 1. The van der Waals surface area contributed by atoms with E-state index in [1.165, 1.54) is 4.80 Å². The number of carbonyl (C=O) groups excluding carboxylic acids is 1. The molecule has 0 atom stereocenters. The lowest BCUT2D eigenvalue weighted by atomic mass is 10.3. The van der Waals surface area contributed by atoms with Crippen molar-refractivity contribution in [3.05, 3.63) is 47.5 Å². The van der Waals surface area contributed by atoms with Gasteiger partial charge < -0.3 is 5.32 Å². The lowest BCUT2D eigenvalue weighted by molar-refractivity contribution is -0.105. The Morgan fingerprint density at radius 1 is 1.05 bits per heavy atom. The Bertz CT molecular complexity index is 736. The molecule has 0 aliphatic carbocycles. The van der Waals surface area contributed by atoms with Gasteiger partial charge in [-0.3, -0.25) is 4.79 Å². The van der Waals surface area contributed by atoms with Crippen LogP contribution in [0.25, 0.3) is 16.7 Å². The van der Waals surface area contributed by atoms with Crippen LogP contribution in [0.5, 0.6) is 0 Å². The molecule has 0 bridgehead atoms. The number of carbonyl (C=O) groups is 1. The van der Waals surface area contributed by atoms with Crippen molar-refractivity contribution in [3.8, 4) is 5.69 Å². The minimum Gasteiger partial charge on any atom is -0.329 e.